The largest absolute Gasteiger partial charge is 0.398 e. The highest BCUT2D eigenvalue weighted by Crippen LogP contribution is 2.16. The topological polar surface area (TPSA) is 43.1 Å². The Morgan fingerprint density at radius 3 is 2.64 bits per heavy atom. The number of ketones is 1. The second kappa shape index (κ2) is 4.80. The van der Waals surface area contributed by atoms with Gasteiger partial charge in [0.05, 0.1) is 0 Å². The molecule has 0 saturated heterocycles. The Morgan fingerprint density at radius 2 is 2.14 bits per heavy atom. The van der Waals surface area contributed by atoms with Crippen LogP contribution in [-0.4, -0.2) is 5.78 Å². The third-order valence-corrected chi connectivity index (χ3v) is 2.35. The van der Waals surface area contributed by atoms with Gasteiger partial charge in [0.2, 0.25) is 0 Å². The fourth-order valence-corrected chi connectivity index (χ4v) is 1.41. The van der Waals surface area contributed by atoms with Crippen LogP contribution in [0.5, 0.6) is 0 Å². The summed E-state index contributed by atoms with van der Waals surface area (Å²) in [4.78, 5) is 11.1. The van der Waals surface area contributed by atoms with Gasteiger partial charge < -0.3 is 5.73 Å². The molecule has 0 fully saturated rings. The molecule has 0 radical (unpaired) electrons. The molecule has 0 aliphatic rings. The van der Waals surface area contributed by atoms with Crippen molar-refractivity contribution in [2.45, 2.75) is 33.1 Å². The number of benzene rings is 1. The number of rotatable bonds is 4. The van der Waals surface area contributed by atoms with E-state index in [4.69, 9.17) is 5.73 Å². The summed E-state index contributed by atoms with van der Waals surface area (Å²) in [6.07, 6.45) is 3.30. The molecule has 0 saturated carbocycles. The van der Waals surface area contributed by atoms with E-state index >= 15 is 0 Å². The van der Waals surface area contributed by atoms with Crippen LogP contribution in [0.1, 0.15) is 42.6 Å². The minimum Gasteiger partial charge on any atom is -0.398 e. The van der Waals surface area contributed by atoms with Crippen molar-refractivity contribution < 1.29 is 4.79 Å². The standard InChI is InChI=1S/C12H17NO/c1-3-4-5-10-6-7-11(9(2)14)8-12(10)13/h6-8H,3-5,13H2,1-2H3. The van der Waals surface area contributed by atoms with E-state index in [-0.39, 0.29) is 5.78 Å². The summed E-state index contributed by atoms with van der Waals surface area (Å²) in [5.74, 6) is 0.0683. The van der Waals surface area contributed by atoms with Crippen LogP contribution in [0.15, 0.2) is 18.2 Å². The summed E-state index contributed by atoms with van der Waals surface area (Å²) in [7, 11) is 0. The van der Waals surface area contributed by atoms with Crippen molar-refractivity contribution in [3.8, 4) is 0 Å². The van der Waals surface area contributed by atoms with Gasteiger partial charge in [-0.3, -0.25) is 4.79 Å². The number of unbranched alkanes of at least 4 members (excludes halogenated alkanes) is 1. The summed E-state index contributed by atoms with van der Waals surface area (Å²) in [6.45, 7) is 3.71. The zero-order chi connectivity index (χ0) is 10.6. The van der Waals surface area contributed by atoms with Gasteiger partial charge in [-0.2, -0.15) is 0 Å². The van der Waals surface area contributed by atoms with Crippen LogP contribution in [0, 0.1) is 0 Å². The molecule has 76 valence electrons. The Hall–Kier alpha value is -1.31. The summed E-state index contributed by atoms with van der Waals surface area (Å²) in [5.41, 5.74) is 8.44. The van der Waals surface area contributed by atoms with Crippen LogP contribution in [0.25, 0.3) is 0 Å². The Kier molecular flexibility index (Phi) is 3.69. The van der Waals surface area contributed by atoms with Crippen molar-refractivity contribution in [1.29, 1.82) is 0 Å². The average Bonchev–Trinajstić information content (AvgIpc) is 2.15. The number of carbonyl (C=O) groups is 1. The molecular weight excluding hydrogens is 174 g/mol. The van der Waals surface area contributed by atoms with Crippen LogP contribution in [0.3, 0.4) is 0 Å². The maximum atomic E-state index is 11.1. The quantitative estimate of drug-likeness (QED) is 0.587. The molecule has 0 unspecified atom stereocenters. The van der Waals surface area contributed by atoms with E-state index in [1.54, 1.807) is 13.0 Å². The van der Waals surface area contributed by atoms with Gasteiger partial charge in [-0.25, -0.2) is 0 Å². The highest BCUT2D eigenvalue weighted by molar-refractivity contribution is 5.95. The molecule has 0 atom stereocenters. The number of hydrogen-bond acceptors (Lipinski definition) is 2. The van der Waals surface area contributed by atoms with Gasteiger partial charge in [-0.15, -0.1) is 0 Å². The highest BCUT2D eigenvalue weighted by Gasteiger charge is 2.03. The maximum absolute atomic E-state index is 11.1. The third-order valence-electron chi connectivity index (χ3n) is 2.35. The Morgan fingerprint density at radius 1 is 1.43 bits per heavy atom. The van der Waals surface area contributed by atoms with Crippen LogP contribution >= 0.6 is 0 Å². The predicted molar refractivity (Wildman–Crippen MR) is 59.5 cm³/mol. The fourth-order valence-electron chi connectivity index (χ4n) is 1.41. The zero-order valence-electron chi connectivity index (χ0n) is 8.84. The molecule has 0 aromatic heterocycles. The monoisotopic (exact) mass is 191 g/mol. The average molecular weight is 191 g/mol. The zero-order valence-corrected chi connectivity index (χ0v) is 8.84. The Balaban J connectivity index is 2.84. The number of nitrogens with two attached hydrogens (primary N) is 1. The molecule has 1 rings (SSSR count). The van der Waals surface area contributed by atoms with Crippen molar-refractivity contribution >= 4 is 11.5 Å². The van der Waals surface area contributed by atoms with Crippen molar-refractivity contribution in [3.63, 3.8) is 0 Å². The molecule has 1 aromatic rings. The normalized spacial score (nSPS) is 10.1. The molecule has 2 nitrogen and oxygen atoms in total. The summed E-state index contributed by atoms with van der Waals surface area (Å²) < 4.78 is 0. The van der Waals surface area contributed by atoms with Crippen molar-refractivity contribution in [2.75, 3.05) is 5.73 Å². The van der Waals surface area contributed by atoms with Crippen LogP contribution in [0.4, 0.5) is 5.69 Å². The molecule has 0 aliphatic carbocycles. The minimum atomic E-state index is 0.0683. The maximum Gasteiger partial charge on any atom is 0.159 e. The molecule has 0 aliphatic heterocycles. The highest BCUT2D eigenvalue weighted by atomic mass is 16.1. The molecule has 2 heteroatoms. The van der Waals surface area contributed by atoms with Crippen molar-refractivity contribution in [1.82, 2.24) is 0 Å². The van der Waals surface area contributed by atoms with Gasteiger partial charge in [-0.1, -0.05) is 25.5 Å². The Labute approximate surface area is 85.1 Å². The molecular formula is C12H17NO. The van der Waals surface area contributed by atoms with Crippen molar-refractivity contribution in [2.24, 2.45) is 0 Å². The molecule has 0 amide bonds. The van der Waals surface area contributed by atoms with E-state index in [2.05, 4.69) is 6.92 Å². The van der Waals surface area contributed by atoms with Crippen LogP contribution in [0.2, 0.25) is 0 Å². The van der Waals surface area contributed by atoms with Gasteiger partial charge >= 0.3 is 0 Å². The lowest BCUT2D eigenvalue weighted by Gasteiger charge is -2.05. The third kappa shape index (κ3) is 2.59. The van der Waals surface area contributed by atoms with E-state index < -0.39 is 0 Å². The molecule has 2 N–H and O–H groups in total. The number of anilines is 1. The van der Waals surface area contributed by atoms with Crippen molar-refractivity contribution in [3.05, 3.63) is 29.3 Å². The molecule has 0 bridgehead atoms. The van der Waals surface area contributed by atoms with Crippen LogP contribution in [-0.2, 0) is 6.42 Å². The second-order valence-electron chi connectivity index (χ2n) is 3.57. The first kappa shape index (κ1) is 10.8. The number of aryl methyl sites for hydroxylation is 1. The number of nitrogen functional groups attached to an aromatic ring is 1. The lowest BCUT2D eigenvalue weighted by Crippen LogP contribution is -1.99. The van der Waals surface area contributed by atoms with E-state index in [9.17, 15) is 4.79 Å². The van der Waals surface area contributed by atoms with Gasteiger partial charge in [-0.05, 0) is 31.4 Å². The first-order chi connectivity index (χ1) is 6.65. The lowest BCUT2D eigenvalue weighted by molar-refractivity contribution is 0.101. The van der Waals surface area contributed by atoms with Crippen LogP contribution < -0.4 is 5.73 Å². The summed E-state index contributed by atoms with van der Waals surface area (Å²) in [6, 6.07) is 5.58. The van der Waals surface area contributed by atoms with Gasteiger partial charge in [0.1, 0.15) is 0 Å². The van der Waals surface area contributed by atoms with Gasteiger partial charge in [0.15, 0.2) is 5.78 Å². The second-order valence-corrected chi connectivity index (χ2v) is 3.57. The SMILES string of the molecule is CCCCc1ccc(C(C)=O)cc1N. The number of hydrogen-bond donors (Lipinski definition) is 1. The minimum absolute atomic E-state index is 0.0683. The van der Waals surface area contributed by atoms with E-state index in [0.717, 1.165) is 30.5 Å². The lowest BCUT2D eigenvalue weighted by atomic mass is 10.0. The molecule has 1 aromatic carbocycles. The first-order valence-corrected chi connectivity index (χ1v) is 5.04. The smallest absolute Gasteiger partial charge is 0.159 e. The van der Waals surface area contributed by atoms with E-state index in [0.29, 0.717) is 5.56 Å². The summed E-state index contributed by atoms with van der Waals surface area (Å²) in [5, 5.41) is 0. The number of Topliss-reactive ketones (excluding diaryl/α,β-unsaturated/α-hetero) is 1. The fraction of sp³-hybridized carbons (Fsp3) is 0.417. The summed E-state index contributed by atoms with van der Waals surface area (Å²) >= 11 is 0. The molecule has 0 heterocycles. The number of carbonyl (C=O) groups excluding carboxylic acids is 1. The van der Waals surface area contributed by atoms with E-state index in [1.807, 2.05) is 12.1 Å². The van der Waals surface area contributed by atoms with E-state index in [1.165, 1.54) is 0 Å². The molecule has 0 spiro atoms. The van der Waals surface area contributed by atoms with Gasteiger partial charge in [0, 0.05) is 11.3 Å². The molecule has 14 heavy (non-hydrogen) atoms. The Bertz CT molecular complexity index is 331. The predicted octanol–water partition coefficient (Wildman–Crippen LogP) is 2.81. The first-order valence-electron chi connectivity index (χ1n) is 5.04. The van der Waals surface area contributed by atoms with Gasteiger partial charge in [0.25, 0.3) is 0 Å².